The van der Waals surface area contributed by atoms with Crippen LogP contribution >= 0.6 is 39.3 Å². The highest BCUT2D eigenvalue weighted by Gasteiger charge is 2.09. The molecule has 0 fully saturated rings. The predicted octanol–water partition coefficient (Wildman–Crippen LogP) is 6.91. The van der Waals surface area contributed by atoms with E-state index in [2.05, 4.69) is 27.8 Å². The zero-order valence-electron chi connectivity index (χ0n) is 12.3. The maximum atomic E-state index is 5.90. The molecule has 2 nitrogen and oxygen atoms in total. The van der Waals surface area contributed by atoms with Crippen LogP contribution in [0, 0.1) is 6.92 Å². The van der Waals surface area contributed by atoms with Crippen LogP contribution in [0.1, 0.15) is 11.3 Å². The molecule has 1 aromatic heterocycles. The third-order valence-electron chi connectivity index (χ3n) is 3.07. The molecule has 0 amide bonds. The molecular formula is C18H13BrClNOS. The van der Waals surface area contributed by atoms with Gasteiger partial charge in [0.05, 0.1) is 16.4 Å². The fourth-order valence-corrected chi connectivity index (χ4v) is 3.34. The molecule has 0 saturated carbocycles. The van der Waals surface area contributed by atoms with Gasteiger partial charge in [-0.15, -0.1) is 0 Å². The minimum absolute atomic E-state index is 0.703. The molecular weight excluding hydrogens is 394 g/mol. The molecule has 0 aliphatic heterocycles. The molecule has 0 saturated heterocycles. The van der Waals surface area contributed by atoms with E-state index in [-0.39, 0.29) is 0 Å². The molecule has 3 aromatic rings. The van der Waals surface area contributed by atoms with Gasteiger partial charge in [0.1, 0.15) is 5.76 Å². The molecule has 0 bridgehead atoms. The van der Waals surface area contributed by atoms with Crippen LogP contribution in [-0.4, -0.2) is 6.21 Å². The van der Waals surface area contributed by atoms with E-state index in [0.29, 0.717) is 5.76 Å². The summed E-state index contributed by atoms with van der Waals surface area (Å²) >= 11 is 11.0. The van der Waals surface area contributed by atoms with Crippen molar-refractivity contribution >= 4 is 51.2 Å². The highest BCUT2D eigenvalue weighted by Crippen LogP contribution is 2.36. The van der Waals surface area contributed by atoms with Gasteiger partial charge in [-0.2, -0.15) is 0 Å². The number of hydrogen-bond acceptors (Lipinski definition) is 3. The van der Waals surface area contributed by atoms with Crippen molar-refractivity contribution in [1.82, 2.24) is 0 Å². The summed E-state index contributed by atoms with van der Waals surface area (Å²) in [5, 5.41) is 1.51. The zero-order valence-corrected chi connectivity index (χ0v) is 15.5. The number of rotatable bonds is 4. The van der Waals surface area contributed by atoms with Crippen LogP contribution in [0.2, 0.25) is 5.02 Å². The van der Waals surface area contributed by atoms with Crippen molar-refractivity contribution in [3.05, 3.63) is 75.4 Å². The highest BCUT2D eigenvalue weighted by molar-refractivity contribution is 9.10. The normalized spacial score (nSPS) is 11.3. The molecule has 3 rings (SSSR count). The van der Waals surface area contributed by atoms with Crippen LogP contribution in [-0.2, 0) is 0 Å². The number of furan rings is 1. The van der Waals surface area contributed by atoms with Crippen molar-refractivity contribution < 1.29 is 4.42 Å². The first-order valence-electron chi connectivity index (χ1n) is 6.94. The quantitative estimate of drug-likeness (QED) is 0.440. The largest absolute Gasteiger partial charge is 0.447 e. The van der Waals surface area contributed by atoms with Crippen molar-refractivity contribution in [1.29, 1.82) is 0 Å². The van der Waals surface area contributed by atoms with Crippen LogP contribution in [0.5, 0.6) is 0 Å². The van der Waals surface area contributed by atoms with Gasteiger partial charge >= 0.3 is 0 Å². The second kappa shape index (κ2) is 7.39. The first-order chi connectivity index (χ1) is 11.1. The molecule has 0 N–H and O–H groups in total. The van der Waals surface area contributed by atoms with Crippen molar-refractivity contribution in [2.24, 2.45) is 4.99 Å². The molecule has 23 heavy (non-hydrogen) atoms. The van der Waals surface area contributed by atoms with Crippen molar-refractivity contribution in [2.45, 2.75) is 16.9 Å². The van der Waals surface area contributed by atoms with Gasteiger partial charge in [-0.05, 0) is 59.3 Å². The van der Waals surface area contributed by atoms with Crippen LogP contribution in [0.15, 0.2) is 78.5 Å². The fourth-order valence-electron chi connectivity index (χ4n) is 1.88. The standard InChI is InChI=1S/C18H13BrClNOS/c1-12-2-6-14(7-3-12)21-11-15-10-17(19)18(22-15)23-16-8-4-13(20)5-9-16/h2-11H,1H3. The molecule has 2 aromatic carbocycles. The smallest absolute Gasteiger partial charge is 0.179 e. The Morgan fingerprint density at radius 2 is 1.78 bits per heavy atom. The third kappa shape index (κ3) is 4.50. The highest BCUT2D eigenvalue weighted by atomic mass is 79.9. The first kappa shape index (κ1) is 16.4. The molecule has 0 aliphatic rings. The molecule has 116 valence electrons. The van der Waals surface area contributed by atoms with Crippen LogP contribution in [0.4, 0.5) is 5.69 Å². The second-order valence-corrected chi connectivity index (χ2v) is 7.27. The summed E-state index contributed by atoms with van der Waals surface area (Å²) in [4.78, 5) is 5.49. The summed E-state index contributed by atoms with van der Waals surface area (Å²) in [6.07, 6.45) is 1.72. The van der Waals surface area contributed by atoms with E-state index in [9.17, 15) is 0 Å². The molecule has 0 unspecified atom stereocenters. The summed E-state index contributed by atoms with van der Waals surface area (Å²) in [6.45, 7) is 2.05. The zero-order chi connectivity index (χ0) is 16.2. The van der Waals surface area contributed by atoms with Gasteiger partial charge in [0.2, 0.25) is 0 Å². The van der Waals surface area contributed by atoms with Gasteiger partial charge in [0.15, 0.2) is 5.09 Å². The number of halogens is 2. The van der Waals surface area contributed by atoms with E-state index in [0.717, 1.165) is 25.2 Å². The molecule has 5 heteroatoms. The van der Waals surface area contributed by atoms with Crippen molar-refractivity contribution in [3.8, 4) is 0 Å². The lowest BCUT2D eigenvalue weighted by Crippen LogP contribution is -1.75. The topological polar surface area (TPSA) is 25.5 Å². The van der Waals surface area contributed by atoms with Gasteiger partial charge in [-0.1, -0.05) is 41.1 Å². The first-order valence-corrected chi connectivity index (χ1v) is 8.92. The van der Waals surface area contributed by atoms with E-state index in [1.165, 1.54) is 17.3 Å². The average Bonchev–Trinajstić information content (AvgIpc) is 2.89. The Bertz CT molecular complexity index is 825. The third-order valence-corrected chi connectivity index (χ3v) is 5.17. The average molecular weight is 407 g/mol. The summed E-state index contributed by atoms with van der Waals surface area (Å²) in [5.41, 5.74) is 2.11. The van der Waals surface area contributed by atoms with E-state index in [4.69, 9.17) is 16.0 Å². The van der Waals surface area contributed by atoms with Crippen molar-refractivity contribution in [2.75, 3.05) is 0 Å². The van der Waals surface area contributed by atoms with Crippen LogP contribution in [0.3, 0.4) is 0 Å². The molecule has 0 radical (unpaired) electrons. The number of aliphatic imine (C=N–C) groups is 1. The van der Waals surface area contributed by atoms with Gasteiger partial charge < -0.3 is 4.42 Å². The number of benzene rings is 2. The Labute approximate surface area is 152 Å². The monoisotopic (exact) mass is 405 g/mol. The van der Waals surface area contributed by atoms with Crippen molar-refractivity contribution in [3.63, 3.8) is 0 Å². The van der Waals surface area contributed by atoms with E-state index >= 15 is 0 Å². The van der Waals surface area contributed by atoms with Gasteiger partial charge in [-0.3, -0.25) is 4.99 Å². The Morgan fingerprint density at radius 1 is 1.09 bits per heavy atom. The minimum Gasteiger partial charge on any atom is -0.447 e. The lowest BCUT2D eigenvalue weighted by molar-refractivity contribution is 0.466. The molecule has 0 aliphatic carbocycles. The number of hydrogen-bond donors (Lipinski definition) is 0. The predicted molar refractivity (Wildman–Crippen MR) is 100 cm³/mol. The van der Waals surface area contributed by atoms with Crippen LogP contribution in [0.25, 0.3) is 0 Å². The maximum Gasteiger partial charge on any atom is 0.179 e. The maximum absolute atomic E-state index is 5.90. The van der Waals surface area contributed by atoms with E-state index in [1.807, 2.05) is 54.6 Å². The molecule has 1 heterocycles. The SMILES string of the molecule is Cc1ccc(N=Cc2cc(Br)c(Sc3ccc(Cl)cc3)o2)cc1. The Morgan fingerprint density at radius 3 is 2.48 bits per heavy atom. The minimum atomic E-state index is 0.703. The Balaban J connectivity index is 1.75. The van der Waals surface area contributed by atoms with E-state index < -0.39 is 0 Å². The Kier molecular flexibility index (Phi) is 5.26. The number of aryl methyl sites for hydroxylation is 1. The summed E-state index contributed by atoms with van der Waals surface area (Å²) in [5.74, 6) is 0.703. The lowest BCUT2D eigenvalue weighted by Gasteiger charge is -1.98. The van der Waals surface area contributed by atoms with Gasteiger partial charge in [-0.25, -0.2) is 0 Å². The van der Waals surface area contributed by atoms with E-state index in [1.54, 1.807) is 6.21 Å². The fraction of sp³-hybridized carbons (Fsp3) is 0.0556. The summed E-state index contributed by atoms with van der Waals surface area (Å²) < 4.78 is 6.73. The lowest BCUT2D eigenvalue weighted by atomic mass is 10.2. The van der Waals surface area contributed by atoms with Gasteiger partial charge in [0, 0.05) is 16.0 Å². The number of nitrogens with zero attached hydrogens (tertiary/aromatic N) is 1. The Hall–Kier alpha value is -1.49. The van der Waals surface area contributed by atoms with Gasteiger partial charge in [0.25, 0.3) is 0 Å². The summed E-state index contributed by atoms with van der Waals surface area (Å²) in [7, 11) is 0. The summed E-state index contributed by atoms with van der Waals surface area (Å²) in [6, 6.07) is 17.6. The molecule has 0 atom stereocenters. The van der Waals surface area contributed by atoms with Crippen LogP contribution < -0.4 is 0 Å². The molecule has 0 spiro atoms. The second-order valence-electron chi connectivity index (χ2n) is 4.93.